The Kier molecular flexibility index (Phi) is 2.86. The topological polar surface area (TPSA) is 81.8 Å². The molecule has 80 valence electrons. The average molecular weight is 214 g/mol. The van der Waals surface area contributed by atoms with Crippen LogP contribution in [-0.4, -0.2) is 20.9 Å². The van der Waals surface area contributed by atoms with Gasteiger partial charge in [-0.2, -0.15) is 0 Å². The zero-order chi connectivity index (χ0) is 11.4. The lowest BCUT2D eigenvalue weighted by Crippen LogP contribution is -2.17. The smallest absolute Gasteiger partial charge is 0.269 e. The zero-order valence-electron chi connectivity index (χ0n) is 8.50. The maximum absolute atomic E-state index is 11.1. The summed E-state index contributed by atoms with van der Waals surface area (Å²) >= 11 is 0. The van der Waals surface area contributed by atoms with E-state index in [-0.39, 0.29) is 5.69 Å². The number of hydrogen-bond donors (Lipinski definition) is 1. The first-order chi connectivity index (χ1) is 7.77. The quantitative estimate of drug-likeness (QED) is 0.809. The molecule has 2 heterocycles. The standard InChI is InChI=1S/C11H10N4O/c12-11(16)10-9(14-5-6-15-10)7-8-1-3-13-4-2-8/h1-6H,7H2,(H2,12,16). The Balaban J connectivity index is 2.31. The van der Waals surface area contributed by atoms with Crippen molar-refractivity contribution in [3.8, 4) is 0 Å². The van der Waals surface area contributed by atoms with E-state index in [1.165, 1.54) is 6.20 Å². The van der Waals surface area contributed by atoms with Gasteiger partial charge in [-0.25, -0.2) is 4.98 Å². The highest BCUT2D eigenvalue weighted by Crippen LogP contribution is 2.08. The van der Waals surface area contributed by atoms with Gasteiger partial charge in [0.1, 0.15) is 5.69 Å². The summed E-state index contributed by atoms with van der Waals surface area (Å²) in [6.07, 6.45) is 6.90. The Bertz CT molecular complexity index is 498. The number of carbonyl (C=O) groups is 1. The van der Waals surface area contributed by atoms with Crippen molar-refractivity contribution in [2.45, 2.75) is 6.42 Å². The highest BCUT2D eigenvalue weighted by molar-refractivity contribution is 5.91. The molecule has 0 fully saturated rings. The predicted octanol–water partition coefficient (Wildman–Crippen LogP) is 0.561. The normalized spacial score (nSPS) is 10.0. The van der Waals surface area contributed by atoms with Crippen LogP contribution in [0.2, 0.25) is 0 Å². The molecule has 2 aromatic rings. The van der Waals surface area contributed by atoms with E-state index in [1.54, 1.807) is 18.6 Å². The van der Waals surface area contributed by atoms with E-state index in [1.807, 2.05) is 12.1 Å². The molecule has 1 amide bonds. The van der Waals surface area contributed by atoms with Crippen LogP contribution in [0.3, 0.4) is 0 Å². The third-order valence-corrected chi connectivity index (χ3v) is 2.13. The maximum atomic E-state index is 11.1. The fourth-order valence-corrected chi connectivity index (χ4v) is 1.40. The minimum absolute atomic E-state index is 0.222. The number of nitrogens with two attached hydrogens (primary N) is 1. The van der Waals surface area contributed by atoms with Crippen molar-refractivity contribution in [1.82, 2.24) is 15.0 Å². The molecular weight excluding hydrogens is 204 g/mol. The van der Waals surface area contributed by atoms with Gasteiger partial charge in [0.2, 0.25) is 0 Å². The highest BCUT2D eigenvalue weighted by Gasteiger charge is 2.10. The number of hydrogen-bond acceptors (Lipinski definition) is 4. The molecular formula is C11H10N4O. The summed E-state index contributed by atoms with van der Waals surface area (Å²) < 4.78 is 0. The molecule has 0 saturated carbocycles. The Labute approximate surface area is 92.4 Å². The molecule has 0 saturated heterocycles. The summed E-state index contributed by atoms with van der Waals surface area (Å²) in [5.41, 5.74) is 7.03. The van der Waals surface area contributed by atoms with Crippen LogP contribution in [0, 0.1) is 0 Å². The lowest BCUT2D eigenvalue weighted by Gasteiger charge is -2.03. The van der Waals surface area contributed by atoms with E-state index in [4.69, 9.17) is 5.73 Å². The molecule has 2 aromatic heterocycles. The molecule has 0 spiro atoms. The molecule has 2 N–H and O–H groups in total. The fraction of sp³-hybridized carbons (Fsp3) is 0.0909. The van der Waals surface area contributed by atoms with Crippen LogP contribution in [0.4, 0.5) is 0 Å². The highest BCUT2D eigenvalue weighted by atomic mass is 16.1. The van der Waals surface area contributed by atoms with Gasteiger partial charge in [-0.1, -0.05) is 0 Å². The van der Waals surface area contributed by atoms with Crippen molar-refractivity contribution >= 4 is 5.91 Å². The second-order valence-corrected chi connectivity index (χ2v) is 3.25. The lowest BCUT2D eigenvalue weighted by molar-refractivity contribution is 0.0994. The van der Waals surface area contributed by atoms with Gasteiger partial charge in [-0.15, -0.1) is 0 Å². The molecule has 0 unspecified atom stereocenters. The molecule has 0 radical (unpaired) electrons. The number of primary amides is 1. The minimum atomic E-state index is -0.558. The van der Waals surface area contributed by atoms with E-state index in [0.717, 1.165) is 5.56 Å². The number of aromatic nitrogens is 3. The summed E-state index contributed by atoms with van der Waals surface area (Å²) in [5, 5.41) is 0. The number of pyridine rings is 1. The van der Waals surface area contributed by atoms with E-state index in [2.05, 4.69) is 15.0 Å². The molecule has 0 atom stereocenters. The summed E-state index contributed by atoms with van der Waals surface area (Å²) in [6, 6.07) is 3.72. The SMILES string of the molecule is NC(=O)c1nccnc1Cc1ccncc1. The molecule has 5 heteroatoms. The van der Waals surface area contributed by atoms with Crippen LogP contribution < -0.4 is 5.73 Å². The van der Waals surface area contributed by atoms with Gasteiger partial charge in [0.15, 0.2) is 0 Å². The molecule has 0 aliphatic heterocycles. The Morgan fingerprint density at radius 2 is 1.81 bits per heavy atom. The summed E-state index contributed by atoms with van der Waals surface area (Å²) in [5.74, 6) is -0.558. The first kappa shape index (κ1) is 10.2. The average Bonchev–Trinajstić information content (AvgIpc) is 2.31. The van der Waals surface area contributed by atoms with Gasteiger partial charge >= 0.3 is 0 Å². The van der Waals surface area contributed by atoms with Crippen LogP contribution in [0.25, 0.3) is 0 Å². The zero-order valence-corrected chi connectivity index (χ0v) is 8.50. The van der Waals surface area contributed by atoms with E-state index in [0.29, 0.717) is 12.1 Å². The summed E-state index contributed by atoms with van der Waals surface area (Å²) in [6.45, 7) is 0. The van der Waals surface area contributed by atoms with E-state index in [9.17, 15) is 4.79 Å². The van der Waals surface area contributed by atoms with Gasteiger partial charge in [-0.3, -0.25) is 14.8 Å². The summed E-state index contributed by atoms with van der Waals surface area (Å²) in [7, 11) is 0. The number of nitrogens with zero attached hydrogens (tertiary/aromatic N) is 3. The fourth-order valence-electron chi connectivity index (χ4n) is 1.40. The van der Waals surface area contributed by atoms with Gasteiger partial charge in [0.25, 0.3) is 5.91 Å². The molecule has 16 heavy (non-hydrogen) atoms. The molecule has 0 aliphatic rings. The number of carbonyl (C=O) groups excluding carboxylic acids is 1. The lowest BCUT2D eigenvalue weighted by atomic mass is 10.1. The Morgan fingerprint density at radius 3 is 2.50 bits per heavy atom. The van der Waals surface area contributed by atoms with E-state index < -0.39 is 5.91 Å². The first-order valence-electron chi connectivity index (χ1n) is 4.76. The third kappa shape index (κ3) is 2.20. The van der Waals surface area contributed by atoms with E-state index >= 15 is 0 Å². The largest absolute Gasteiger partial charge is 0.364 e. The van der Waals surface area contributed by atoms with Gasteiger partial charge in [-0.05, 0) is 17.7 Å². The molecule has 0 bridgehead atoms. The Hall–Kier alpha value is -2.30. The summed E-state index contributed by atoms with van der Waals surface area (Å²) in [4.78, 5) is 23.1. The van der Waals surface area contributed by atoms with Crippen LogP contribution >= 0.6 is 0 Å². The van der Waals surface area contributed by atoms with Crippen molar-refractivity contribution in [3.05, 3.63) is 53.9 Å². The van der Waals surface area contributed by atoms with Crippen molar-refractivity contribution in [2.75, 3.05) is 0 Å². The van der Waals surface area contributed by atoms with Crippen molar-refractivity contribution in [3.63, 3.8) is 0 Å². The van der Waals surface area contributed by atoms with Crippen molar-refractivity contribution < 1.29 is 4.79 Å². The van der Waals surface area contributed by atoms with Crippen LogP contribution in [-0.2, 0) is 6.42 Å². The monoisotopic (exact) mass is 214 g/mol. The third-order valence-electron chi connectivity index (χ3n) is 2.13. The van der Waals surface area contributed by atoms with Crippen LogP contribution in [0.1, 0.15) is 21.7 Å². The molecule has 2 rings (SSSR count). The van der Waals surface area contributed by atoms with Crippen molar-refractivity contribution in [2.24, 2.45) is 5.73 Å². The minimum Gasteiger partial charge on any atom is -0.364 e. The molecule has 5 nitrogen and oxygen atoms in total. The van der Waals surface area contributed by atoms with Crippen LogP contribution in [0.5, 0.6) is 0 Å². The second kappa shape index (κ2) is 4.48. The molecule has 0 aromatic carbocycles. The second-order valence-electron chi connectivity index (χ2n) is 3.25. The van der Waals surface area contributed by atoms with Crippen molar-refractivity contribution in [1.29, 1.82) is 0 Å². The van der Waals surface area contributed by atoms with Gasteiger partial charge in [0, 0.05) is 31.2 Å². The number of amides is 1. The molecule has 0 aliphatic carbocycles. The maximum Gasteiger partial charge on any atom is 0.269 e. The van der Waals surface area contributed by atoms with Gasteiger partial charge in [0.05, 0.1) is 5.69 Å². The predicted molar refractivity (Wildman–Crippen MR) is 57.6 cm³/mol. The van der Waals surface area contributed by atoms with Gasteiger partial charge < -0.3 is 5.73 Å². The Morgan fingerprint density at radius 1 is 1.12 bits per heavy atom. The first-order valence-corrected chi connectivity index (χ1v) is 4.76. The number of rotatable bonds is 3. The van der Waals surface area contributed by atoms with Crippen LogP contribution in [0.15, 0.2) is 36.9 Å².